The van der Waals surface area contributed by atoms with Gasteiger partial charge >= 0.3 is 138 Å². The summed E-state index contributed by atoms with van der Waals surface area (Å²) in [6, 6.07) is -1.88. The van der Waals surface area contributed by atoms with Crippen molar-refractivity contribution in [2.24, 2.45) is 5.73 Å². The molecule has 0 aromatic heterocycles. The van der Waals surface area contributed by atoms with E-state index in [1.54, 1.807) is 0 Å². The van der Waals surface area contributed by atoms with Crippen LogP contribution in [0.1, 0.15) is 12.8 Å². The minimum absolute atomic E-state index is 0.0215. The third kappa shape index (κ3) is 6.75. The van der Waals surface area contributed by atoms with Crippen LogP contribution in [0.5, 0.6) is 0 Å². The quantitative estimate of drug-likeness (QED) is 0.222. The van der Waals surface area contributed by atoms with E-state index in [-0.39, 0.29) is 36.2 Å². The van der Waals surface area contributed by atoms with Gasteiger partial charge in [0.15, 0.2) is 0 Å². The molecule has 1 saturated heterocycles. The summed E-state index contributed by atoms with van der Waals surface area (Å²) in [7, 11) is 0. The van der Waals surface area contributed by atoms with E-state index in [2.05, 4.69) is 32.1 Å². The van der Waals surface area contributed by atoms with E-state index in [9.17, 15) is 19.2 Å². The Bertz CT molecular complexity index is 450. The van der Waals surface area contributed by atoms with Crippen molar-refractivity contribution in [1.29, 1.82) is 0 Å². The number of carbonyl (C=O) groups excluding carboxylic acids is 4. The zero-order valence-electron chi connectivity index (χ0n) is 11.6. The summed E-state index contributed by atoms with van der Waals surface area (Å²) in [4.78, 5) is 51.0. The van der Waals surface area contributed by atoms with Crippen LogP contribution < -0.4 is 16.4 Å². The molecule has 22 heavy (non-hydrogen) atoms. The third-order valence-electron chi connectivity index (χ3n) is 2.66. The van der Waals surface area contributed by atoms with Crippen molar-refractivity contribution in [3.05, 3.63) is 0 Å². The molecule has 1 rings (SSSR count). The zero-order valence-corrected chi connectivity index (χ0v) is 14.2. The van der Waals surface area contributed by atoms with Crippen molar-refractivity contribution in [2.45, 2.75) is 30.2 Å². The van der Waals surface area contributed by atoms with Gasteiger partial charge in [-0.25, -0.2) is 0 Å². The second kappa shape index (κ2) is 9.80. The third-order valence-corrected chi connectivity index (χ3v) is 4.30. The fourth-order valence-electron chi connectivity index (χ4n) is 1.43. The van der Waals surface area contributed by atoms with Gasteiger partial charge in [0.2, 0.25) is 0 Å². The zero-order chi connectivity index (χ0) is 16.5. The number of carbonyl (C=O) groups is 4. The molecule has 0 aliphatic carbocycles. The summed E-state index contributed by atoms with van der Waals surface area (Å²) in [6.45, 7) is -0.197. The molecule has 2 amide bonds. The molecule has 11 heteroatoms. The van der Waals surface area contributed by atoms with Crippen molar-refractivity contribution in [1.82, 2.24) is 10.6 Å². The summed E-state index contributed by atoms with van der Waals surface area (Å²) in [5.41, 5.74) is 5.55. The topological polar surface area (TPSA) is 137 Å². The van der Waals surface area contributed by atoms with Gasteiger partial charge in [-0.3, -0.25) is 0 Å². The first-order valence-corrected chi connectivity index (χ1v) is 8.93. The Morgan fingerprint density at radius 3 is 2.73 bits per heavy atom. The second-order valence-corrected chi connectivity index (χ2v) is 6.19. The molecular weight excluding hydrogens is 381 g/mol. The van der Waals surface area contributed by atoms with Crippen LogP contribution in [0.4, 0.5) is 0 Å². The monoisotopic (exact) mass is 399 g/mol. The number of rotatable bonds is 1. The van der Waals surface area contributed by atoms with Gasteiger partial charge in [0.25, 0.3) is 0 Å². The van der Waals surface area contributed by atoms with Crippen LogP contribution in [-0.2, 0) is 28.0 Å². The first-order chi connectivity index (χ1) is 10.4. The Labute approximate surface area is 138 Å². The SMILES string of the molecule is NC1CCC(=O)NC(CS)C(=O)NCC(=O)C[Se]OOC1=O. The maximum atomic E-state index is 11.8. The summed E-state index contributed by atoms with van der Waals surface area (Å²) < 4.78 is 4.65. The van der Waals surface area contributed by atoms with Crippen molar-refractivity contribution >= 4 is 51.5 Å². The van der Waals surface area contributed by atoms with Gasteiger partial charge in [-0.2, -0.15) is 0 Å². The summed E-state index contributed by atoms with van der Waals surface area (Å²) in [5, 5.41) is 4.89. The molecule has 124 valence electrons. The van der Waals surface area contributed by atoms with E-state index in [1.165, 1.54) is 0 Å². The molecule has 4 N–H and O–H groups in total. The first-order valence-electron chi connectivity index (χ1n) is 6.39. The predicted octanol–water partition coefficient (Wildman–Crippen LogP) is -2.28. The predicted molar refractivity (Wildman–Crippen MR) is 78.7 cm³/mol. The average molecular weight is 398 g/mol. The van der Waals surface area contributed by atoms with Gasteiger partial charge in [0, 0.05) is 0 Å². The molecule has 2 atom stereocenters. The van der Waals surface area contributed by atoms with Gasteiger partial charge < -0.3 is 0 Å². The normalized spacial score (nSPS) is 26.3. The molecule has 0 bridgehead atoms. The van der Waals surface area contributed by atoms with Crippen LogP contribution in [0, 0.1) is 0 Å². The molecule has 1 aliphatic heterocycles. The Morgan fingerprint density at radius 1 is 1.32 bits per heavy atom. The number of Topliss-reactive ketones (excluding diaryl/α,β-unsaturated/α-hetero) is 1. The molecule has 1 heterocycles. The van der Waals surface area contributed by atoms with Crippen LogP contribution >= 0.6 is 12.6 Å². The van der Waals surface area contributed by atoms with E-state index in [0.29, 0.717) is 0 Å². The van der Waals surface area contributed by atoms with Crippen molar-refractivity contribution in [2.75, 3.05) is 12.3 Å². The van der Waals surface area contributed by atoms with Crippen LogP contribution in [-0.4, -0.2) is 63.2 Å². The fourth-order valence-corrected chi connectivity index (χ4v) is 2.52. The Balaban J connectivity index is 2.70. The number of hydrogen-bond donors (Lipinski definition) is 4. The minimum atomic E-state index is -1.02. The number of amides is 2. The Hall–Kier alpha value is -1.13. The standard InChI is InChI=1S/C11H17N3O6SSe/c12-7-1-2-9(16)14-8(4-21)10(17)13-3-6(15)5-22-20-19-11(7)18/h7-8,21H,1-5,12H2,(H,13,17)(H,14,16). The van der Waals surface area contributed by atoms with Gasteiger partial charge in [-0.15, -0.1) is 0 Å². The number of thiol groups is 1. The van der Waals surface area contributed by atoms with Crippen LogP contribution in [0.3, 0.4) is 0 Å². The molecule has 0 aromatic carbocycles. The summed E-state index contributed by atoms with van der Waals surface area (Å²) >= 11 is 3.29. The number of ketones is 1. The fraction of sp³-hybridized carbons (Fsp3) is 0.636. The molecule has 1 fully saturated rings. The molecule has 1 aliphatic rings. The maximum absolute atomic E-state index is 11.8. The Morgan fingerprint density at radius 2 is 2.05 bits per heavy atom. The molecule has 0 saturated carbocycles. The number of nitrogens with two attached hydrogens (primary N) is 1. The van der Waals surface area contributed by atoms with E-state index in [0.717, 1.165) is 0 Å². The van der Waals surface area contributed by atoms with Crippen molar-refractivity contribution in [3.63, 3.8) is 0 Å². The molecule has 0 spiro atoms. The van der Waals surface area contributed by atoms with Gasteiger partial charge in [0.05, 0.1) is 0 Å². The van der Waals surface area contributed by atoms with Crippen LogP contribution in [0.2, 0.25) is 5.32 Å². The Kier molecular flexibility index (Phi) is 8.43. The molecule has 9 nitrogen and oxygen atoms in total. The number of hydrogen-bond acceptors (Lipinski definition) is 8. The number of nitrogens with one attached hydrogen (secondary N) is 2. The molecule has 0 aromatic rings. The van der Waals surface area contributed by atoms with Crippen LogP contribution in [0.25, 0.3) is 0 Å². The molecular formula is C11H17N3O6SSe. The van der Waals surface area contributed by atoms with Gasteiger partial charge in [-0.05, 0) is 0 Å². The van der Waals surface area contributed by atoms with E-state index >= 15 is 0 Å². The average Bonchev–Trinajstić information content (AvgIpc) is 2.51. The van der Waals surface area contributed by atoms with Gasteiger partial charge in [0.1, 0.15) is 0 Å². The summed E-state index contributed by atoms with van der Waals surface area (Å²) in [5.74, 6) is -1.97. The first kappa shape index (κ1) is 18.9. The van der Waals surface area contributed by atoms with E-state index < -0.39 is 45.2 Å². The van der Waals surface area contributed by atoms with Gasteiger partial charge in [-0.1, -0.05) is 0 Å². The second-order valence-electron chi connectivity index (χ2n) is 4.44. The summed E-state index contributed by atoms with van der Waals surface area (Å²) in [6.07, 6.45) is -0.0151. The van der Waals surface area contributed by atoms with Crippen molar-refractivity contribution < 1.29 is 28.0 Å². The molecule has 2 unspecified atom stereocenters. The van der Waals surface area contributed by atoms with Crippen molar-refractivity contribution in [3.8, 4) is 0 Å². The van der Waals surface area contributed by atoms with E-state index in [4.69, 9.17) is 5.73 Å². The van der Waals surface area contributed by atoms with E-state index in [1.807, 2.05) is 0 Å². The molecule has 0 radical (unpaired) electrons. The van der Waals surface area contributed by atoms with Crippen LogP contribution in [0.15, 0.2) is 0 Å².